The standard InChI is InChI=1S/C14H29N3O/c1-5-11(3)16-14(18)12(4)17(6-2)13-7-9-15-10-8-13/h11-13,15H,5-10H2,1-4H3,(H,16,18). The first-order valence-corrected chi connectivity index (χ1v) is 7.36. The third-order valence-electron chi connectivity index (χ3n) is 4.02. The lowest BCUT2D eigenvalue weighted by molar-refractivity contribution is -0.127. The maximum atomic E-state index is 12.2. The number of piperidine rings is 1. The van der Waals surface area contributed by atoms with Crippen LogP contribution in [0.2, 0.25) is 0 Å². The molecule has 0 aromatic heterocycles. The van der Waals surface area contributed by atoms with Crippen molar-refractivity contribution in [2.45, 2.75) is 65.1 Å². The van der Waals surface area contributed by atoms with Gasteiger partial charge in [-0.1, -0.05) is 13.8 Å². The van der Waals surface area contributed by atoms with Crippen LogP contribution in [0.25, 0.3) is 0 Å². The Morgan fingerprint density at radius 1 is 1.33 bits per heavy atom. The molecule has 1 amide bonds. The minimum absolute atomic E-state index is 0.0212. The van der Waals surface area contributed by atoms with Gasteiger partial charge in [0.05, 0.1) is 6.04 Å². The second-order valence-electron chi connectivity index (χ2n) is 5.31. The highest BCUT2D eigenvalue weighted by Gasteiger charge is 2.28. The van der Waals surface area contributed by atoms with Gasteiger partial charge in [-0.2, -0.15) is 0 Å². The fraction of sp³-hybridized carbons (Fsp3) is 0.929. The summed E-state index contributed by atoms with van der Waals surface area (Å²) in [6.07, 6.45) is 3.28. The van der Waals surface area contributed by atoms with Crippen molar-refractivity contribution in [1.82, 2.24) is 15.5 Å². The summed E-state index contributed by atoms with van der Waals surface area (Å²) in [5, 5.41) is 6.46. The molecule has 0 saturated carbocycles. The van der Waals surface area contributed by atoms with Crippen molar-refractivity contribution in [2.75, 3.05) is 19.6 Å². The van der Waals surface area contributed by atoms with E-state index in [9.17, 15) is 4.79 Å². The zero-order chi connectivity index (χ0) is 13.5. The summed E-state index contributed by atoms with van der Waals surface area (Å²) in [5.41, 5.74) is 0. The van der Waals surface area contributed by atoms with Crippen LogP contribution >= 0.6 is 0 Å². The third kappa shape index (κ3) is 4.25. The van der Waals surface area contributed by atoms with Crippen LogP contribution in [0.15, 0.2) is 0 Å². The lowest BCUT2D eigenvalue weighted by Crippen LogP contribution is -2.53. The maximum absolute atomic E-state index is 12.2. The number of rotatable bonds is 6. The molecule has 0 aliphatic carbocycles. The van der Waals surface area contributed by atoms with Crippen molar-refractivity contribution in [1.29, 1.82) is 0 Å². The van der Waals surface area contributed by atoms with Gasteiger partial charge in [-0.25, -0.2) is 0 Å². The van der Waals surface area contributed by atoms with Crippen molar-refractivity contribution >= 4 is 5.91 Å². The molecule has 4 nitrogen and oxygen atoms in total. The van der Waals surface area contributed by atoms with Crippen molar-refractivity contribution in [2.24, 2.45) is 0 Å². The Bertz CT molecular complexity index is 251. The summed E-state index contributed by atoms with van der Waals surface area (Å²) in [6, 6.07) is 0.799. The van der Waals surface area contributed by atoms with Crippen LogP contribution in [0.4, 0.5) is 0 Å². The summed E-state index contributed by atoms with van der Waals surface area (Å²) in [4.78, 5) is 14.5. The number of carbonyl (C=O) groups excluding carboxylic acids is 1. The van der Waals surface area contributed by atoms with E-state index in [0.29, 0.717) is 6.04 Å². The van der Waals surface area contributed by atoms with Gasteiger partial charge in [-0.15, -0.1) is 0 Å². The van der Waals surface area contributed by atoms with Gasteiger partial charge in [-0.3, -0.25) is 9.69 Å². The van der Waals surface area contributed by atoms with E-state index in [1.807, 2.05) is 6.92 Å². The molecule has 2 unspecified atom stereocenters. The molecule has 2 atom stereocenters. The maximum Gasteiger partial charge on any atom is 0.237 e. The lowest BCUT2D eigenvalue weighted by Gasteiger charge is -2.37. The average Bonchev–Trinajstić information content (AvgIpc) is 2.40. The van der Waals surface area contributed by atoms with Crippen LogP contribution in [0.3, 0.4) is 0 Å². The second-order valence-corrected chi connectivity index (χ2v) is 5.31. The van der Waals surface area contributed by atoms with Crippen LogP contribution in [0.5, 0.6) is 0 Å². The topological polar surface area (TPSA) is 44.4 Å². The van der Waals surface area contributed by atoms with E-state index in [-0.39, 0.29) is 18.0 Å². The number of nitrogens with zero attached hydrogens (tertiary/aromatic N) is 1. The zero-order valence-electron chi connectivity index (χ0n) is 12.3. The summed E-state index contributed by atoms with van der Waals surface area (Å²) < 4.78 is 0. The number of amides is 1. The average molecular weight is 255 g/mol. The van der Waals surface area contributed by atoms with Crippen LogP contribution < -0.4 is 10.6 Å². The van der Waals surface area contributed by atoms with Crippen LogP contribution in [0.1, 0.15) is 47.0 Å². The lowest BCUT2D eigenvalue weighted by atomic mass is 10.0. The third-order valence-corrected chi connectivity index (χ3v) is 4.02. The van der Waals surface area contributed by atoms with Crippen LogP contribution in [-0.2, 0) is 4.79 Å². The van der Waals surface area contributed by atoms with Crippen molar-refractivity contribution in [3.8, 4) is 0 Å². The monoisotopic (exact) mass is 255 g/mol. The Kier molecular flexibility index (Phi) is 6.65. The minimum atomic E-state index is -0.0212. The predicted octanol–water partition coefficient (Wildman–Crippen LogP) is 1.36. The molecular weight excluding hydrogens is 226 g/mol. The molecule has 0 spiro atoms. The van der Waals surface area contributed by atoms with E-state index in [4.69, 9.17) is 0 Å². The number of likely N-dealkylation sites (N-methyl/N-ethyl adjacent to an activating group) is 1. The fourth-order valence-corrected chi connectivity index (χ4v) is 2.60. The van der Waals surface area contributed by atoms with Gasteiger partial charge in [0.2, 0.25) is 5.91 Å². The summed E-state index contributed by atoms with van der Waals surface area (Å²) in [6.45, 7) is 11.4. The first kappa shape index (κ1) is 15.4. The van der Waals surface area contributed by atoms with E-state index in [1.54, 1.807) is 0 Å². The van der Waals surface area contributed by atoms with E-state index in [2.05, 4.69) is 36.3 Å². The number of hydrogen-bond acceptors (Lipinski definition) is 3. The van der Waals surface area contributed by atoms with Gasteiger partial charge in [0.1, 0.15) is 0 Å². The van der Waals surface area contributed by atoms with Gasteiger partial charge in [0, 0.05) is 12.1 Å². The number of nitrogens with one attached hydrogen (secondary N) is 2. The molecule has 2 N–H and O–H groups in total. The van der Waals surface area contributed by atoms with Crippen molar-refractivity contribution < 1.29 is 4.79 Å². The molecule has 0 bridgehead atoms. The minimum Gasteiger partial charge on any atom is -0.352 e. The molecule has 0 radical (unpaired) electrons. The molecule has 1 aliphatic heterocycles. The largest absolute Gasteiger partial charge is 0.352 e. The molecule has 1 rings (SSSR count). The highest BCUT2D eigenvalue weighted by Crippen LogP contribution is 2.15. The van der Waals surface area contributed by atoms with Gasteiger partial charge in [-0.05, 0) is 52.7 Å². The van der Waals surface area contributed by atoms with Gasteiger partial charge < -0.3 is 10.6 Å². The van der Waals surface area contributed by atoms with E-state index < -0.39 is 0 Å². The number of hydrogen-bond donors (Lipinski definition) is 2. The molecule has 0 aromatic carbocycles. The normalized spacial score (nSPS) is 20.7. The molecule has 1 fully saturated rings. The van der Waals surface area contributed by atoms with E-state index in [0.717, 1.165) is 38.9 Å². The van der Waals surface area contributed by atoms with E-state index >= 15 is 0 Å². The molecular formula is C14H29N3O. The fourth-order valence-electron chi connectivity index (χ4n) is 2.60. The SMILES string of the molecule is CCC(C)NC(=O)C(C)N(CC)C1CCNCC1. The zero-order valence-corrected chi connectivity index (χ0v) is 12.3. The molecule has 1 saturated heterocycles. The molecule has 18 heavy (non-hydrogen) atoms. The van der Waals surface area contributed by atoms with Crippen molar-refractivity contribution in [3.05, 3.63) is 0 Å². The Morgan fingerprint density at radius 2 is 1.94 bits per heavy atom. The predicted molar refractivity (Wildman–Crippen MR) is 75.6 cm³/mol. The second kappa shape index (κ2) is 7.74. The number of carbonyl (C=O) groups is 1. The Labute approximate surface area is 111 Å². The molecule has 4 heteroatoms. The smallest absolute Gasteiger partial charge is 0.237 e. The molecule has 1 aliphatic rings. The van der Waals surface area contributed by atoms with Crippen LogP contribution in [-0.4, -0.2) is 48.6 Å². The van der Waals surface area contributed by atoms with Gasteiger partial charge in [0.25, 0.3) is 0 Å². The first-order chi connectivity index (χ1) is 8.60. The molecule has 1 heterocycles. The quantitative estimate of drug-likeness (QED) is 0.753. The summed E-state index contributed by atoms with van der Waals surface area (Å²) >= 11 is 0. The van der Waals surface area contributed by atoms with Crippen molar-refractivity contribution in [3.63, 3.8) is 0 Å². The Morgan fingerprint density at radius 3 is 2.44 bits per heavy atom. The highest BCUT2D eigenvalue weighted by atomic mass is 16.2. The Hall–Kier alpha value is -0.610. The molecule has 0 aromatic rings. The van der Waals surface area contributed by atoms with Crippen LogP contribution in [0, 0.1) is 0 Å². The van der Waals surface area contributed by atoms with E-state index in [1.165, 1.54) is 0 Å². The van der Waals surface area contributed by atoms with Gasteiger partial charge >= 0.3 is 0 Å². The molecule has 106 valence electrons. The highest BCUT2D eigenvalue weighted by molar-refractivity contribution is 5.81. The summed E-state index contributed by atoms with van der Waals surface area (Å²) in [5.74, 6) is 0.171. The van der Waals surface area contributed by atoms with Gasteiger partial charge in [0.15, 0.2) is 0 Å². The first-order valence-electron chi connectivity index (χ1n) is 7.36. The summed E-state index contributed by atoms with van der Waals surface area (Å²) in [7, 11) is 0. The Balaban J connectivity index is 2.54.